The Bertz CT molecular complexity index is 622. The van der Waals surface area contributed by atoms with Crippen molar-refractivity contribution in [2.24, 2.45) is 0 Å². The maximum absolute atomic E-state index is 5.79. The van der Waals surface area contributed by atoms with Crippen LogP contribution in [0.3, 0.4) is 0 Å². The minimum absolute atomic E-state index is 0.221. The summed E-state index contributed by atoms with van der Waals surface area (Å²) < 4.78 is 0. The average molecular weight is 286 g/mol. The fourth-order valence-corrected chi connectivity index (χ4v) is 2.03. The Morgan fingerprint density at radius 1 is 1.05 bits per heavy atom. The summed E-state index contributed by atoms with van der Waals surface area (Å²) in [6.45, 7) is 9.91. The van der Waals surface area contributed by atoms with Gasteiger partial charge in [-0.15, -0.1) is 0 Å². The zero-order chi connectivity index (χ0) is 15.4. The minimum atomic E-state index is 0.221. The molecule has 21 heavy (non-hydrogen) atoms. The maximum atomic E-state index is 5.79. The van der Waals surface area contributed by atoms with Gasteiger partial charge in [0, 0.05) is 18.8 Å². The van der Waals surface area contributed by atoms with E-state index >= 15 is 0 Å². The lowest BCUT2D eigenvalue weighted by Gasteiger charge is -2.19. The van der Waals surface area contributed by atoms with E-state index in [9.17, 15) is 0 Å². The molecule has 0 aliphatic rings. The number of aromatic nitrogens is 3. The molecule has 2 aromatic rings. The van der Waals surface area contributed by atoms with Gasteiger partial charge in [-0.05, 0) is 51.0 Å². The quantitative estimate of drug-likeness (QED) is 0.879. The molecule has 2 rings (SSSR count). The second-order valence-electron chi connectivity index (χ2n) is 4.91. The van der Waals surface area contributed by atoms with Gasteiger partial charge in [0.2, 0.25) is 17.8 Å². The van der Waals surface area contributed by atoms with E-state index < -0.39 is 0 Å². The molecule has 1 aromatic heterocycles. The van der Waals surface area contributed by atoms with Gasteiger partial charge in [-0.2, -0.15) is 15.0 Å². The van der Waals surface area contributed by atoms with Crippen molar-refractivity contribution in [3.8, 4) is 0 Å². The Labute approximate surface area is 125 Å². The molecule has 6 nitrogen and oxygen atoms in total. The first-order chi connectivity index (χ1) is 10.0. The largest absolute Gasteiger partial charge is 0.368 e. The first kappa shape index (κ1) is 15.0. The molecule has 0 unspecified atom stereocenters. The summed E-state index contributed by atoms with van der Waals surface area (Å²) in [5, 5.41) is 3.19. The van der Waals surface area contributed by atoms with E-state index in [4.69, 9.17) is 5.73 Å². The van der Waals surface area contributed by atoms with Crippen molar-refractivity contribution in [3.63, 3.8) is 0 Å². The van der Waals surface area contributed by atoms with Gasteiger partial charge in [0.15, 0.2) is 0 Å². The first-order valence-corrected chi connectivity index (χ1v) is 7.14. The SMILES string of the molecule is CCN(CC)c1nc(N)nc(Nc2ccc(C)c(C)c2)n1. The molecule has 0 atom stereocenters. The second-order valence-corrected chi connectivity index (χ2v) is 4.91. The summed E-state index contributed by atoms with van der Waals surface area (Å²) in [4.78, 5) is 14.8. The molecule has 0 amide bonds. The van der Waals surface area contributed by atoms with Gasteiger partial charge in [-0.3, -0.25) is 0 Å². The van der Waals surface area contributed by atoms with Gasteiger partial charge in [0.05, 0.1) is 0 Å². The summed E-state index contributed by atoms with van der Waals surface area (Å²) >= 11 is 0. The van der Waals surface area contributed by atoms with Gasteiger partial charge >= 0.3 is 0 Å². The number of nitrogens with zero attached hydrogens (tertiary/aromatic N) is 4. The molecule has 1 aromatic carbocycles. The van der Waals surface area contributed by atoms with Crippen LogP contribution in [0.5, 0.6) is 0 Å². The number of nitrogen functional groups attached to an aromatic ring is 1. The summed E-state index contributed by atoms with van der Waals surface area (Å²) in [6, 6.07) is 6.12. The van der Waals surface area contributed by atoms with E-state index in [2.05, 4.69) is 60.1 Å². The predicted octanol–water partition coefficient (Wildman–Crippen LogP) is 2.66. The van der Waals surface area contributed by atoms with Crippen LogP contribution in [0.4, 0.5) is 23.5 Å². The lowest BCUT2D eigenvalue weighted by Crippen LogP contribution is -2.25. The van der Waals surface area contributed by atoms with Gasteiger partial charge in [0.1, 0.15) is 0 Å². The van der Waals surface area contributed by atoms with E-state index in [0.29, 0.717) is 11.9 Å². The molecular formula is C15H22N6. The van der Waals surface area contributed by atoms with Crippen LogP contribution < -0.4 is 16.0 Å². The highest BCUT2D eigenvalue weighted by molar-refractivity contribution is 5.57. The van der Waals surface area contributed by atoms with E-state index in [1.54, 1.807) is 0 Å². The van der Waals surface area contributed by atoms with Crippen LogP contribution >= 0.6 is 0 Å². The molecule has 0 aliphatic carbocycles. The highest BCUT2D eigenvalue weighted by Crippen LogP contribution is 2.19. The van der Waals surface area contributed by atoms with E-state index in [-0.39, 0.29) is 5.95 Å². The molecule has 6 heteroatoms. The van der Waals surface area contributed by atoms with Crippen molar-refractivity contribution in [3.05, 3.63) is 29.3 Å². The van der Waals surface area contributed by atoms with Gasteiger partial charge < -0.3 is 16.0 Å². The molecule has 112 valence electrons. The van der Waals surface area contributed by atoms with Crippen LogP contribution in [0, 0.1) is 13.8 Å². The van der Waals surface area contributed by atoms with E-state index in [1.807, 2.05) is 11.0 Å². The lowest BCUT2D eigenvalue weighted by molar-refractivity contribution is 0.816. The van der Waals surface area contributed by atoms with E-state index in [0.717, 1.165) is 18.8 Å². The Morgan fingerprint density at radius 3 is 2.38 bits per heavy atom. The fourth-order valence-electron chi connectivity index (χ4n) is 2.03. The number of aryl methyl sites for hydroxylation is 2. The number of benzene rings is 1. The fraction of sp³-hybridized carbons (Fsp3) is 0.400. The highest BCUT2D eigenvalue weighted by Gasteiger charge is 2.10. The van der Waals surface area contributed by atoms with Crippen molar-refractivity contribution < 1.29 is 0 Å². The van der Waals surface area contributed by atoms with Crippen LogP contribution in [0.15, 0.2) is 18.2 Å². The molecule has 3 N–H and O–H groups in total. The molecule has 0 saturated heterocycles. The van der Waals surface area contributed by atoms with Crippen molar-refractivity contribution in [2.45, 2.75) is 27.7 Å². The zero-order valence-corrected chi connectivity index (χ0v) is 13.0. The van der Waals surface area contributed by atoms with Crippen LogP contribution in [0.2, 0.25) is 0 Å². The summed E-state index contributed by atoms with van der Waals surface area (Å²) in [5.41, 5.74) is 9.19. The molecule has 0 radical (unpaired) electrons. The third kappa shape index (κ3) is 3.59. The molecule has 1 heterocycles. The Kier molecular flexibility index (Phi) is 4.57. The van der Waals surface area contributed by atoms with Crippen LogP contribution in [0.1, 0.15) is 25.0 Å². The monoisotopic (exact) mass is 286 g/mol. The minimum Gasteiger partial charge on any atom is -0.368 e. The van der Waals surface area contributed by atoms with Gasteiger partial charge in [-0.1, -0.05) is 6.07 Å². The molecule has 0 aliphatic heterocycles. The maximum Gasteiger partial charge on any atom is 0.233 e. The standard InChI is InChI=1S/C15H22N6/c1-5-21(6-2)15-19-13(16)18-14(20-15)17-12-8-7-10(3)11(4)9-12/h7-9H,5-6H2,1-4H3,(H3,16,17,18,19,20). The molecular weight excluding hydrogens is 264 g/mol. The Balaban J connectivity index is 2.29. The topological polar surface area (TPSA) is 80.0 Å². The Morgan fingerprint density at radius 2 is 1.76 bits per heavy atom. The summed E-state index contributed by atoms with van der Waals surface area (Å²) in [5.74, 6) is 1.28. The first-order valence-electron chi connectivity index (χ1n) is 7.14. The molecule has 0 spiro atoms. The second kappa shape index (κ2) is 6.39. The van der Waals surface area contributed by atoms with Crippen LogP contribution in [0.25, 0.3) is 0 Å². The lowest BCUT2D eigenvalue weighted by atomic mass is 10.1. The third-order valence-corrected chi connectivity index (χ3v) is 3.45. The van der Waals surface area contributed by atoms with Crippen molar-refractivity contribution in [2.75, 3.05) is 29.0 Å². The highest BCUT2D eigenvalue weighted by atomic mass is 15.3. The molecule has 0 fully saturated rings. The third-order valence-electron chi connectivity index (χ3n) is 3.45. The number of hydrogen-bond donors (Lipinski definition) is 2. The zero-order valence-electron chi connectivity index (χ0n) is 13.0. The summed E-state index contributed by atoms with van der Waals surface area (Å²) in [7, 11) is 0. The molecule has 0 bridgehead atoms. The smallest absolute Gasteiger partial charge is 0.233 e. The average Bonchev–Trinajstić information content (AvgIpc) is 2.44. The van der Waals surface area contributed by atoms with Gasteiger partial charge in [0.25, 0.3) is 0 Å². The number of hydrogen-bond acceptors (Lipinski definition) is 6. The van der Waals surface area contributed by atoms with Crippen molar-refractivity contribution >= 4 is 23.5 Å². The van der Waals surface area contributed by atoms with Crippen LogP contribution in [-0.4, -0.2) is 28.0 Å². The van der Waals surface area contributed by atoms with E-state index in [1.165, 1.54) is 11.1 Å². The number of rotatable bonds is 5. The van der Waals surface area contributed by atoms with Crippen molar-refractivity contribution in [1.82, 2.24) is 15.0 Å². The Hall–Kier alpha value is -2.37. The van der Waals surface area contributed by atoms with Crippen molar-refractivity contribution in [1.29, 1.82) is 0 Å². The predicted molar refractivity (Wildman–Crippen MR) is 87.0 cm³/mol. The number of nitrogens with one attached hydrogen (secondary N) is 1. The van der Waals surface area contributed by atoms with Gasteiger partial charge in [-0.25, -0.2) is 0 Å². The van der Waals surface area contributed by atoms with Crippen LogP contribution in [-0.2, 0) is 0 Å². The molecule has 0 saturated carbocycles. The number of anilines is 4. The number of nitrogens with two attached hydrogens (primary N) is 1. The summed E-state index contributed by atoms with van der Waals surface area (Å²) in [6.07, 6.45) is 0. The normalized spacial score (nSPS) is 10.5.